The number of aromatic nitrogens is 2. The minimum absolute atomic E-state index is 0.131. The van der Waals surface area contributed by atoms with E-state index in [1.54, 1.807) is 30.3 Å². The predicted octanol–water partition coefficient (Wildman–Crippen LogP) is 4.68. The third-order valence-corrected chi connectivity index (χ3v) is 5.79. The van der Waals surface area contributed by atoms with Crippen molar-refractivity contribution in [2.45, 2.75) is 11.4 Å². The Morgan fingerprint density at radius 3 is 2.27 bits per heavy atom. The smallest absolute Gasteiger partial charge is 0.265 e. The van der Waals surface area contributed by atoms with Crippen LogP contribution in [0.5, 0.6) is 0 Å². The molecule has 0 aliphatic carbocycles. The van der Waals surface area contributed by atoms with Gasteiger partial charge in [-0.1, -0.05) is 60.7 Å². The molecule has 8 heteroatoms. The third-order valence-electron chi connectivity index (χ3n) is 4.42. The lowest BCUT2D eigenvalue weighted by atomic mass is 10.2. The monoisotopic (exact) mass is 425 g/mol. The zero-order valence-electron chi connectivity index (χ0n) is 15.7. The molecular formula is C22H17F2N3O2S. The highest BCUT2D eigenvalue weighted by molar-refractivity contribution is 7.92. The summed E-state index contributed by atoms with van der Waals surface area (Å²) in [6.07, 6.45) is 1.38. The van der Waals surface area contributed by atoms with Crippen LogP contribution in [0.1, 0.15) is 5.56 Å². The maximum absolute atomic E-state index is 14.0. The van der Waals surface area contributed by atoms with Gasteiger partial charge in [0.05, 0.1) is 12.2 Å². The number of halogens is 2. The maximum Gasteiger partial charge on any atom is 0.265 e. The molecule has 0 spiro atoms. The molecule has 5 nitrogen and oxygen atoms in total. The molecule has 0 bridgehead atoms. The van der Waals surface area contributed by atoms with Crippen molar-refractivity contribution in [2.75, 3.05) is 4.72 Å². The molecule has 1 N–H and O–H groups in total. The van der Waals surface area contributed by atoms with Crippen LogP contribution >= 0.6 is 0 Å². The molecule has 0 unspecified atom stereocenters. The van der Waals surface area contributed by atoms with E-state index in [1.165, 1.54) is 10.9 Å². The average molecular weight is 425 g/mol. The Hall–Kier alpha value is -3.52. The molecule has 3 aromatic carbocycles. The van der Waals surface area contributed by atoms with Crippen LogP contribution in [-0.4, -0.2) is 18.2 Å². The third kappa shape index (κ3) is 4.23. The van der Waals surface area contributed by atoms with Crippen LogP contribution < -0.4 is 4.72 Å². The standard InChI is InChI=1S/C22H17F2N3O2S/c23-18-11-12-19(24)20(13-18)26-30(28,29)21-15-27(14-16-7-3-1-4-8-16)25-22(21)17-9-5-2-6-10-17/h1-13,15,26H,14H2. The van der Waals surface area contributed by atoms with E-state index in [0.717, 1.165) is 23.8 Å². The normalized spacial score (nSPS) is 11.4. The fraction of sp³-hybridized carbons (Fsp3) is 0.0455. The first kappa shape index (κ1) is 19.8. The summed E-state index contributed by atoms with van der Waals surface area (Å²) in [6, 6.07) is 20.8. The van der Waals surface area contributed by atoms with Crippen molar-refractivity contribution < 1.29 is 17.2 Å². The largest absolute Gasteiger partial charge is 0.276 e. The highest BCUT2D eigenvalue weighted by atomic mass is 32.2. The molecule has 0 atom stereocenters. The van der Waals surface area contributed by atoms with Crippen molar-refractivity contribution in [3.63, 3.8) is 0 Å². The van der Waals surface area contributed by atoms with Gasteiger partial charge in [0.15, 0.2) is 0 Å². The van der Waals surface area contributed by atoms with Crippen LogP contribution in [0.4, 0.5) is 14.5 Å². The topological polar surface area (TPSA) is 64.0 Å². The van der Waals surface area contributed by atoms with Gasteiger partial charge in [0.2, 0.25) is 0 Å². The van der Waals surface area contributed by atoms with Gasteiger partial charge in [-0.2, -0.15) is 5.10 Å². The van der Waals surface area contributed by atoms with Crippen molar-refractivity contribution in [3.05, 3.63) is 102 Å². The predicted molar refractivity (Wildman–Crippen MR) is 110 cm³/mol. The van der Waals surface area contributed by atoms with Crippen molar-refractivity contribution in [1.82, 2.24) is 9.78 Å². The number of nitrogens with one attached hydrogen (secondary N) is 1. The van der Waals surface area contributed by atoms with E-state index in [-0.39, 0.29) is 10.6 Å². The SMILES string of the molecule is O=S(=O)(Nc1cc(F)ccc1F)c1cn(Cc2ccccc2)nc1-c1ccccc1. The summed E-state index contributed by atoms with van der Waals surface area (Å²) >= 11 is 0. The van der Waals surface area contributed by atoms with Gasteiger partial charge in [-0.05, 0) is 17.7 Å². The van der Waals surface area contributed by atoms with Crippen LogP contribution in [0.3, 0.4) is 0 Å². The minimum atomic E-state index is -4.24. The molecule has 152 valence electrons. The molecule has 1 heterocycles. The Kier molecular flexibility index (Phi) is 5.33. The van der Waals surface area contributed by atoms with Crippen LogP contribution in [0, 0.1) is 11.6 Å². The fourth-order valence-electron chi connectivity index (χ4n) is 3.02. The van der Waals surface area contributed by atoms with E-state index in [1.807, 2.05) is 30.3 Å². The zero-order chi connectivity index (χ0) is 21.1. The van der Waals surface area contributed by atoms with Crippen molar-refractivity contribution in [2.24, 2.45) is 0 Å². The molecule has 4 aromatic rings. The Morgan fingerprint density at radius 1 is 0.900 bits per heavy atom. The fourth-order valence-corrected chi connectivity index (χ4v) is 4.25. The first-order valence-corrected chi connectivity index (χ1v) is 10.6. The molecule has 4 rings (SSSR count). The first-order chi connectivity index (χ1) is 14.4. The quantitative estimate of drug-likeness (QED) is 0.488. The van der Waals surface area contributed by atoms with Gasteiger partial charge >= 0.3 is 0 Å². The van der Waals surface area contributed by atoms with Gasteiger partial charge in [0.1, 0.15) is 22.2 Å². The summed E-state index contributed by atoms with van der Waals surface area (Å²) in [6.45, 7) is 0.352. The first-order valence-electron chi connectivity index (χ1n) is 9.07. The summed E-state index contributed by atoms with van der Waals surface area (Å²) in [5.41, 5.74) is 1.28. The number of hydrogen-bond acceptors (Lipinski definition) is 3. The highest BCUT2D eigenvalue weighted by Gasteiger charge is 2.25. The number of anilines is 1. The minimum Gasteiger partial charge on any atom is -0.276 e. The lowest BCUT2D eigenvalue weighted by Gasteiger charge is -2.09. The molecule has 0 saturated heterocycles. The number of hydrogen-bond donors (Lipinski definition) is 1. The number of rotatable bonds is 6. The van der Waals surface area contributed by atoms with E-state index in [0.29, 0.717) is 12.1 Å². The highest BCUT2D eigenvalue weighted by Crippen LogP contribution is 2.28. The van der Waals surface area contributed by atoms with E-state index in [2.05, 4.69) is 9.82 Å². The average Bonchev–Trinajstić information content (AvgIpc) is 3.17. The lowest BCUT2D eigenvalue weighted by molar-refractivity contribution is 0.594. The summed E-state index contributed by atoms with van der Waals surface area (Å²) in [5.74, 6) is -1.63. The Morgan fingerprint density at radius 2 is 1.57 bits per heavy atom. The van der Waals surface area contributed by atoms with Gasteiger partial charge in [0, 0.05) is 17.8 Å². The number of benzene rings is 3. The van der Waals surface area contributed by atoms with Crippen LogP contribution in [0.15, 0.2) is 90.0 Å². The second-order valence-electron chi connectivity index (χ2n) is 6.62. The Balaban J connectivity index is 1.77. The molecular weight excluding hydrogens is 408 g/mol. The molecule has 0 aliphatic rings. The van der Waals surface area contributed by atoms with Crippen LogP contribution in [0.2, 0.25) is 0 Å². The van der Waals surface area contributed by atoms with E-state index < -0.39 is 27.3 Å². The van der Waals surface area contributed by atoms with Crippen molar-refractivity contribution in [3.8, 4) is 11.3 Å². The Labute approximate surface area is 172 Å². The van der Waals surface area contributed by atoms with E-state index in [4.69, 9.17) is 0 Å². The molecule has 0 aliphatic heterocycles. The molecule has 0 saturated carbocycles. The molecule has 30 heavy (non-hydrogen) atoms. The maximum atomic E-state index is 14.0. The second kappa shape index (κ2) is 8.08. The molecule has 1 aromatic heterocycles. The van der Waals surface area contributed by atoms with Gasteiger partial charge in [-0.3, -0.25) is 9.40 Å². The van der Waals surface area contributed by atoms with Gasteiger partial charge in [0.25, 0.3) is 10.0 Å². The molecule has 0 fully saturated rings. The van der Waals surface area contributed by atoms with Gasteiger partial charge < -0.3 is 0 Å². The van der Waals surface area contributed by atoms with Crippen LogP contribution in [-0.2, 0) is 16.6 Å². The molecule has 0 amide bonds. The number of sulfonamides is 1. The zero-order valence-corrected chi connectivity index (χ0v) is 16.5. The van der Waals surface area contributed by atoms with E-state index >= 15 is 0 Å². The summed E-state index contributed by atoms with van der Waals surface area (Å²) in [5, 5.41) is 4.45. The van der Waals surface area contributed by atoms with Gasteiger partial charge in [-0.15, -0.1) is 0 Å². The second-order valence-corrected chi connectivity index (χ2v) is 8.27. The summed E-state index contributed by atoms with van der Waals surface area (Å²) < 4.78 is 57.3. The van der Waals surface area contributed by atoms with Crippen molar-refractivity contribution in [1.29, 1.82) is 0 Å². The van der Waals surface area contributed by atoms with E-state index in [9.17, 15) is 17.2 Å². The van der Waals surface area contributed by atoms with Crippen molar-refractivity contribution >= 4 is 15.7 Å². The molecule has 0 radical (unpaired) electrons. The lowest BCUT2D eigenvalue weighted by Crippen LogP contribution is -2.14. The summed E-state index contributed by atoms with van der Waals surface area (Å²) in [7, 11) is -4.24. The van der Waals surface area contributed by atoms with Crippen LogP contribution in [0.25, 0.3) is 11.3 Å². The van der Waals surface area contributed by atoms with Gasteiger partial charge in [-0.25, -0.2) is 17.2 Å². The number of nitrogens with zero attached hydrogens (tertiary/aromatic N) is 2. The Bertz CT molecular complexity index is 1270. The summed E-state index contributed by atoms with van der Waals surface area (Å²) in [4.78, 5) is -0.131.